The first-order chi connectivity index (χ1) is 12.3. The number of fused-ring (bicyclic) bond motifs is 1. The van der Waals surface area contributed by atoms with Gasteiger partial charge >= 0.3 is 6.36 Å². The normalized spacial score (nSPS) is 24.2. The van der Waals surface area contributed by atoms with E-state index >= 15 is 4.39 Å². The van der Waals surface area contributed by atoms with Crippen molar-refractivity contribution in [1.82, 2.24) is 0 Å². The monoisotopic (exact) mass is 372 g/mol. The molecule has 1 nitrogen and oxygen atoms in total. The van der Waals surface area contributed by atoms with Crippen LogP contribution in [0.1, 0.15) is 51.0 Å². The first-order valence-electron chi connectivity index (χ1n) is 8.92. The molecule has 0 N–H and O–H groups in total. The molecule has 0 bridgehead atoms. The van der Waals surface area contributed by atoms with Crippen molar-refractivity contribution in [3.63, 3.8) is 0 Å². The molecule has 0 radical (unpaired) electrons. The second-order valence-corrected chi connectivity index (χ2v) is 6.94. The Bertz CT molecular complexity index is 784. The van der Waals surface area contributed by atoms with Crippen LogP contribution in [0.25, 0.3) is 10.8 Å². The number of hydrogen-bond acceptors (Lipinski definition) is 1. The van der Waals surface area contributed by atoms with Gasteiger partial charge in [-0.2, -0.15) is 0 Å². The molecule has 1 fully saturated rings. The fourth-order valence-electron chi connectivity index (χ4n) is 4.32. The molecule has 1 aliphatic rings. The fourth-order valence-corrected chi connectivity index (χ4v) is 4.32. The molecule has 2 unspecified atom stereocenters. The molecule has 0 spiro atoms. The summed E-state index contributed by atoms with van der Waals surface area (Å²) in [5.41, 5.74) is -2.60. The van der Waals surface area contributed by atoms with Crippen molar-refractivity contribution in [2.24, 2.45) is 5.92 Å². The second-order valence-electron chi connectivity index (χ2n) is 6.94. The van der Waals surface area contributed by atoms with Crippen LogP contribution in [0.3, 0.4) is 0 Å². The van der Waals surface area contributed by atoms with Gasteiger partial charge in [0.05, 0.1) is 5.56 Å². The minimum Gasteiger partial charge on any atom is -0.280 e. The number of ether oxygens (including phenoxy) is 1. The predicted molar refractivity (Wildman–Crippen MR) is 89.5 cm³/mol. The molecular formula is C20H21F5O. The van der Waals surface area contributed by atoms with E-state index in [1.807, 2.05) is 6.92 Å². The van der Waals surface area contributed by atoms with Crippen LogP contribution in [0.4, 0.5) is 22.0 Å². The van der Waals surface area contributed by atoms with E-state index in [2.05, 4.69) is 4.74 Å². The first-order valence-corrected chi connectivity index (χ1v) is 8.92. The summed E-state index contributed by atoms with van der Waals surface area (Å²) in [4.78, 5) is 0. The van der Waals surface area contributed by atoms with Crippen LogP contribution in [0.5, 0.6) is 0 Å². The highest BCUT2D eigenvalue weighted by Crippen LogP contribution is 2.51. The number of hydrogen-bond donors (Lipinski definition) is 0. The molecule has 6 heteroatoms. The van der Waals surface area contributed by atoms with Crippen molar-refractivity contribution in [2.45, 2.75) is 57.4 Å². The minimum absolute atomic E-state index is 0.0522. The van der Waals surface area contributed by atoms with E-state index in [0.29, 0.717) is 31.1 Å². The molecular weight excluding hydrogens is 351 g/mol. The van der Waals surface area contributed by atoms with E-state index in [1.165, 1.54) is 12.1 Å². The van der Waals surface area contributed by atoms with Gasteiger partial charge in [0, 0.05) is 5.39 Å². The van der Waals surface area contributed by atoms with Crippen molar-refractivity contribution in [2.75, 3.05) is 0 Å². The zero-order valence-electron chi connectivity index (χ0n) is 14.5. The lowest BCUT2D eigenvalue weighted by Gasteiger charge is -2.44. The van der Waals surface area contributed by atoms with Gasteiger partial charge in [-0.1, -0.05) is 50.5 Å². The van der Waals surface area contributed by atoms with E-state index in [9.17, 15) is 17.6 Å². The average Bonchev–Trinajstić information content (AvgIpc) is 2.56. The standard InChI is InChI=1S/C20H21F5O/c1-2-7-14-9-5-6-11-19(14,26-20(23,24)25)17-16(21)12-13-8-3-4-10-15(13)18(17)22/h3-4,8,10,12,14H,2,5-7,9,11H2,1H3. The largest absolute Gasteiger partial charge is 0.523 e. The van der Waals surface area contributed by atoms with Gasteiger partial charge in [-0.3, -0.25) is 4.74 Å². The van der Waals surface area contributed by atoms with Crippen LogP contribution in [0, 0.1) is 17.6 Å². The Morgan fingerprint density at radius 1 is 1.15 bits per heavy atom. The molecule has 26 heavy (non-hydrogen) atoms. The maximum Gasteiger partial charge on any atom is 0.523 e. The number of rotatable bonds is 4. The topological polar surface area (TPSA) is 9.23 Å². The van der Waals surface area contributed by atoms with Crippen LogP contribution >= 0.6 is 0 Å². The lowest BCUT2D eigenvalue weighted by molar-refractivity contribution is -0.385. The van der Waals surface area contributed by atoms with Gasteiger partial charge in [-0.25, -0.2) is 8.78 Å². The molecule has 1 saturated carbocycles. The van der Waals surface area contributed by atoms with E-state index in [-0.39, 0.29) is 11.8 Å². The van der Waals surface area contributed by atoms with Gasteiger partial charge in [0.15, 0.2) is 0 Å². The molecule has 0 saturated heterocycles. The highest BCUT2D eigenvalue weighted by Gasteiger charge is 2.53. The van der Waals surface area contributed by atoms with E-state index in [4.69, 9.17) is 0 Å². The van der Waals surface area contributed by atoms with Gasteiger partial charge in [-0.15, -0.1) is 13.2 Å². The summed E-state index contributed by atoms with van der Waals surface area (Å²) in [5, 5.41) is 0.422. The van der Waals surface area contributed by atoms with Crippen LogP contribution in [-0.4, -0.2) is 6.36 Å². The summed E-state index contributed by atoms with van der Waals surface area (Å²) in [6, 6.07) is 7.30. The molecule has 2 aromatic rings. The van der Waals surface area contributed by atoms with Crippen molar-refractivity contribution in [3.05, 3.63) is 47.5 Å². The average molecular weight is 372 g/mol. The van der Waals surface area contributed by atoms with Crippen molar-refractivity contribution in [1.29, 1.82) is 0 Å². The third-order valence-corrected chi connectivity index (χ3v) is 5.31. The lowest BCUT2D eigenvalue weighted by Crippen LogP contribution is -2.45. The molecule has 142 valence electrons. The Balaban J connectivity index is 2.26. The highest BCUT2D eigenvalue weighted by atomic mass is 19.4. The number of benzene rings is 2. The van der Waals surface area contributed by atoms with E-state index < -0.39 is 35.1 Å². The first kappa shape index (κ1) is 19.1. The lowest BCUT2D eigenvalue weighted by atomic mass is 9.69. The van der Waals surface area contributed by atoms with Gasteiger partial charge in [0.25, 0.3) is 0 Å². The predicted octanol–water partition coefficient (Wildman–Crippen LogP) is 6.84. The number of halogens is 5. The van der Waals surface area contributed by atoms with Crippen LogP contribution < -0.4 is 0 Å². The molecule has 0 heterocycles. The Hall–Kier alpha value is -1.69. The highest BCUT2D eigenvalue weighted by molar-refractivity contribution is 5.84. The maximum atomic E-state index is 15.3. The Labute approximate surface area is 149 Å². The maximum absolute atomic E-state index is 15.3. The third-order valence-electron chi connectivity index (χ3n) is 5.31. The smallest absolute Gasteiger partial charge is 0.280 e. The number of alkyl halides is 3. The van der Waals surface area contributed by atoms with Gasteiger partial charge < -0.3 is 0 Å². The Morgan fingerprint density at radius 2 is 1.88 bits per heavy atom. The SMILES string of the molecule is CCCC1CCCCC1(OC(F)(F)F)c1c(F)cc2ccccc2c1F. The summed E-state index contributed by atoms with van der Waals surface area (Å²) in [5.74, 6) is -2.52. The van der Waals surface area contributed by atoms with Gasteiger partial charge in [0.2, 0.25) is 0 Å². The van der Waals surface area contributed by atoms with Gasteiger partial charge in [0.1, 0.15) is 17.2 Å². The second kappa shape index (κ2) is 7.14. The Kier molecular flexibility index (Phi) is 5.24. The molecule has 3 rings (SSSR count). The van der Waals surface area contributed by atoms with Gasteiger partial charge in [-0.05, 0) is 36.6 Å². The zero-order chi connectivity index (χ0) is 18.9. The quantitative estimate of drug-likeness (QED) is 0.534. The van der Waals surface area contributed by atoms with Crippen LogP contribution in [0.2, 0.25) is 0 Å². The minimum atomic E-state index is -4.98. The molecule has 1 aliphatic carbocycles. The van der Waals surface area contributed by atoms with Crippen molar-refractivity contribution in [3.8, 4) is 0 Å². The summed E-state index contributed by atoms with van der Waals surface area (Å²) in [6.45, 7) is 1.85. The van der Waals surface area contributed by atoms with Crippen LogP contribution in [0.15, 0.2) is 30.3 Å². The molecule has 2 aromatic carbocycles. The van der Waals surface area contributed by atoms with E-state index in [0.717, 1.165) is 12.5 Å². The van der Waals surface area contributed by atoms with Crippen molar-refractivity contribution < 1.29 is 26.7 Å². The summed E-state index contributed by atoms with van der Waals surface area (Å²) in [6.07, 6.45) is -2.38. The van der Waals surface area contributed by atoms with E-state index in [1.54, 1.807) is 12.1 Å². The van der Waals surface area contributed by atoms with Crippen molar-refractivity contribution >= 4 is 10.8 Å². The molecule has 0 aliphatic heterocycles. The summed E-state index contributed by atoms with van der Waals surface area (Å²) in [7, 11) is 0. The molecule has 2 atom stereocenters. The summed E-state index contributed by atoms with van der Waals surface area (Å²) >= 11 is 0. The van der Waals surface area contributed by atoms with Crippen LogP contribution in [-0.2, 0) is 10.3 Å². The molecule has 0 amide bonds. The summed E-state index contributed by atoms with van der Waals surface area (Å²) < 4.78 is 74.6. The Morgan fingerprint density at radius 3 is 2.58 bits per heavy atom. The third kappa shape index (κ3) is 3.43. The molecule has 0 aromatic heterocycles. The zero-order valence-corrected chi connectivity index (χ0v) is 14.5. The fraction of sp³-hybridized carbons (Fsp3) is 0.500.